The lowest BCUT2D eigenvalue weighted by Crippen LogP contribution is -2.22. The SMILES string of the molecule is CCCNC(C)c1cccn1Cc1cccc(C)c1. The maximum Gasteiger partial charge on any atom is 0.0473 e. The largest absolute Gasteiger partial charge is 0.346 e. The van der Waals surface area contributed by atoms with Crippen molar-refractivity contribution in [3.8, 4) is 0 Å². The molecular formula is C17H24N2. The molecule has 2 rings (SSSR count). The molecule has 0 radical (unpaired) electrons. The number of nitrogens with zero attached hydrogens (tertiary/aromatic N) is 1. The second-order valence-electron chi connectivity index (χ2n) is 5.23. The molecule has 0 aliphatic rings. The molecule has 1 N–H and O–H groups in total. The summed E-state index contributed by atoms with van der Waals surface area (Å²) in [5.74, 6) is 0. The average Bonchev–Trinajstić information content (AvgIpc) is 2.84. The van der Waals surface area contributed by atoms with E-state index in [-0.39, 0.29) is 0 Å². The van der Waals surface area contributed by atoms with Gasteiger partial charge in [-0.3, -0.25) is 0 Å². The van der Waals surface area contributed by atoms with Gasteiger partial charge in [-0.25, -0.2) is 0 Å². The number of hydrogen-bond donors (Lipinski definition) is 1. The topological polar surface area (TPSA) is 17.0 Å². The van der Waals surface area contributed by atoms with Crippen LogP contribution in [0, 0.1) is 6.92 Å². The first-order chi connectivity index (χ1) is 9.20. The maximum absolute atomic E-state index is 3.55. The monoisotopic (exact) mass is 256 g/mol. The molecule has 102 valence electrons. The second kappa shape index (κ2) is 6.58. The van der Waals surface area contributed by atoms with Crippen LogP contribution in [-0.2, 0) is 6.54 Å². The maximum atomic E-state index is 3.55. The van der Waals surface area contributed by atoms with Crippen molar-refractivity contribution >= 4 is 0 Å². The summed E-state index contributed by atoms with van der Waals surface area (Å²) in [4.78, 5) is 0. The van der Waals surface area contributed by atoms with E-state index in [9.17, 15) is 0 Å². The summed E-state index contributed by atoms with van der Waals surface area (Å²) >= 11 is 0. The molecule has 0 aliphatic carbocycles. The summed E-state index contributed by atoms with van der Waals surface area (Å²) in [6.07, 6.45) is 3.34. The van der Waals surface area contributed by atoms with Gasteiger partial charge in [0.05, 0.1) is 0 Å². The Labute approximate surface area is 116 Å². The van der Waals surface area contributed by atoms with Crippen LogP contribution >= 0.6 is 0 Å². The third-order valence-electron chi connectivity index (χ3n) is 3.44. The Hall–Kier alpha value is -1.54. The normalized spacial score (nSPS) is 12.6. The summed E-state index contributed by atoms with van der Waals surface area (Å²) in [5.41, 5.74) is 4.04. The molecule has 1 aromatic carbocycles. The molecule has 0 spiro atoms. The molecule has 19 heavy (non-hydrogen) atoms. The smallest absolute Gasteiger partial charge is 0.0473 e. The van der Waals surface area contributed by atoms with Crippen molar-refractivity contribution in [2.24, 2.45) is 0 Å². The first-order valence-corrected chi connectivity index (χ1v) is 7.14. The van der Waals surface area contributed by atoms with Crippen molar-refractivity contribution in [1.29, 1.82) is 0 Å². The number of rotatable bonds is 6. The van der Waals surface area contributed by atoms with Crippen LogP contribution in [0.4, 0.5) is 0 Å². The van der Waals surface area contributed by atoms with E-state index < -0.39 is 0 Å². The van der Waals surface area contributed by atoms with Crippen LogP contribution in [0.2, 0.25) is 0 Å². The fraction of sp³-hybridized carbons (Fsp3) is 0.412. The molecule has 1 heterocycles. The molecule has 1 atom stereocenters. The van der Waals surface area contributed by atoms with Crippen molar-refractivity contribution in [3.05, 3.63) is 59.4 Å². The molecule has 0 saturated carbocycles. The molecule has 0 bridgehead atoms. The van der Waals surface area contributed by atoms with Crippen molar-refractivity contribution in [1.82, 2.24) is 9.88 Å². The lowest BCUT2D eigenvalue weighted by atomic mass is 10.1. The van der Waals surface area contributed by atoms with Crippen LogP contribution in [0.1, 0.15) is 43.1 Å². The summed E-state index contributed by atoms with van der Waals surface area (Å²) < 4.78 is 2.34. The van der Waals surface area contributed by atoms with Crippen molar-refractivity contribution < 1.29 is 0 Å². The number of aromatic nitrogens is 1. The zero-order valence-electron chi connectivity index (χ0n) is 12.2. The Bertz CT molecular complexity index is 513. The molecule has 1 unspecified atom stereocenters. The Morgan fingerprint density at radius 2 is 2.05 bits per heavy atom. The Balaban J connectivity index is 2.11. The predicted molar refractivity (Wildman–Crippen MR) is 81.4 cm³/mol. The first kappa shape index (κ1) is 13.9. The van der Waals surface area contributed by atoms with Gasteiger partial charge in [0.2, 0.25) is 0 Å². The Morgan fingerprint density at radius 1 is 1.21 bits per heavy atom. The van der Waals surface area contributed by atoms with E-state index in [0.717, 1.165) is 13.1 Å². The highest BCUT2D eigenvalue weighted by Crippen LogP contribution is 2.16. The summed E-state index contributed by atoms with van der Waals surface area (Å²) in [7, 11) is 0. The van der Waals surface area contributed by atoms with Crippen molar-refractivity contribution in [3.63, 3.8) is 0 Å². The van der Waals surface area contributed by atoms with Gasteiger partial charge < -0.3 is 9.88 Å². The minimum Gasteiger partial charge on any atom is -0.346 e. The van der Waals surface area contributed by atoms with E-state index in [1.165, 1.54) is 23.2 Å². The standard InChI is InChI=1S/C17H24N2/c1-4-10-18-15(3)17-9-6-11-19(17)13-16-8-5-7-14(2)12-16/h5-9,11-12,15,18H,4,10,13H2,1-3H3. The third kappa shape index (κ3) is 3.71. The van der Waals surface area contributed by atoms with Crippen LogP contribution in [-0.4, -0.2) is 11.1 Å². The van der Waals surface area contributed by atoms with Gasteiger partial charge in [-0.05, 0) is 44.5 Å². The minimum absolute atomic E-state index is 0.403. The fourth-order valence-corrected chi connectivity index (χ4v) is 2.44. The number of nitrogens with one attached hydrogen (secondary N) is 1. The van der Waals surface area contributed by atoms with Crippen LogP contribution in [0.15, 0.2) is 42.6 Å². The molecule has 2 heteroatoms. The Morgan fingerprint density at radius 3 is 2.79 bits per heavy atom. The summed E-state index contributed by atoms with van der Waals surface area (Å²) in [6.45, 7) is 8.59. The second-order valence-corrected chi connectivity index (χ2v) is 5.23. The molecule has 1 aromatic heterocycles. The van der Waals surface area contributed by atoms with Gasteiger partial charge in [0, 0.05) is 24.5 Å². The van der Waals surface area contributed by atoms with Crippen molar-refractivity contribution in [2.75, 3.05) is 6.54 Å². The number of hydrogen-bond acceptors (Lipinski definition) is 1. The number of aryl methyl sites for hydroxylation is 1. The third-order valence-corrected chi connectivity index (χ3v) is 3.44. The summed E-state index contributed by atoms with van der Waals surface area (Å²) in [5, 5.41) is 3.55. The van der Waals surface area contributed by atoms with Gasteiger partial charge in [0.1, 0.15) is 0 Å². The lowest BCUT2D eigenvalue weighted by Gasteiger charge is -2.17. The number of benzene rings is 1. The van der Waals surface area contributed by atoms with Crippen LogP contribution < -0.4 is 5.32 Å². The zero-order chi connectivity index (χ0) is 13.7. The molecule has 0 amide bonds. The Kier molecular flexibility index (Phi) is 4.80. The van der Waals surface area contributed by atoms with E-state index in [2.05, 4.69) is 73.3 Å². The van der Waals surface area contributed by atoms with E-state index in [0.29, 0.717) is 6.04 Å². The highest BCUT2D eigenvalue weighted by atomic mass is 15.0. The van der Waals surface area contributed by atoms with E-state index >= 15 is 0 Å². The lowest BCUT2D eigenvalue weighted by molar-refractivity contribution is 0.534. The van der Waals surface area contributed by atoms with Gasteiger partial charge in [0.25, 0.3) is 0 Å². The molecule has 0 fully saturated rings. The molecule has 2 aromatic rings. The van der Waals surface area contributed by atoms with Gasteiger partial charge in [-0.2, -0.15) is 0 Å². The minimum atomic E-state index is 0.403. The van der Waals surface area contributed by atoms with Gasteiger partial charge in [0.15, 0.2) is 0 Å². The van der Waals surface area contributed by atoms with Gasteiger partial charge in [-0.1, -0.05) is 36.8 Å². The molecule has 0 saturated heterocycles. The highest BCUT2D eigenvalue weighted by molar-refractivity contribution is 5.24. The summed E-state index contributed by atoms with van der Waals surface area (Å²) in [6, 6.07) is 13.5. The van der Waals surface area contributed by atoms with E-state index in [4.69, 9.17) is 0 Å². The first-order valence-electron chi connectivity index (χ1n) is 7.14. The molecule has 0 aliphatic heterocycles. The highest BCUT2D eigenvalue weighted by Gasteiger charge is 2.09. The van der Waals surface area contributed by atoms with E-state index in [1.54, 1.807) is 0 Å². The zero-order valence-corrected chi connectivity index (χ0v) is 12.2. The van der Waals surface area contributed by atoms with Crippen molar-refractivity contribution in [2.45, 2.75) is 39.8 Å². The quantitative estimate of drug-likeness (QED) is 0.829. The van der Waals surface area contributed by atoms with Gasteiger partial charge in [-0.15, -0.1) is 0 Å². The average molecular weight is 256 g/mol. The van der Waals surface area contributed by atoms with Crippen LogP contribution in [0.3, 0.4) is 0 Å². The van der Waals surface area contributed by atoms with Crippen LogP contribution in [0.25, 0.3) is 0 Å². The van der Waals surface area contributed by atoms with E-state index in [1.807, 2.05) is 0 Å². The predicted octanol–water partition coefficient (Wildman–Crippen LogP) is 3.91. The van der Waals surface area contributed by atoms with Crippen LogP contribution in [0.5, 0.6) is 0 Å². The fourth-order valence-electron chi connectivity index (χ4n) is 2.44. The van der Waals surface area contributed by atoms with Gasteiger partial charge >= 0.3 is 0 Å². The molecule has 2 nitrogen and oxygen atoms in total. The molecular weight excluding hydrogens is 232 g/mol.